The number of rotatable bonds is 7. The van der Waals surface area contributed by atoms with Crippen LogP contribution in [0.4, 0.5) is 0 Å². The van der Waals surface area contributed by atoms with E-state index in [9.17, 15) is 0 Å². The molecule has 0 aliphatic rings. The highest BCUT2D eigenvalue weighted by Crippen LogP contribution is 2.22. The molecule has 108 valence electrons. The van der Waals surface area contributed by atoms with Crippen LogP contribution in [-0.2, 0) is 9.47 Å². The lowest BCUT2D eigenvalue weighted by Crippen LogP contribution is -2.24. The summed E-state index contributed by atoms with van der Waals surface area (Å²) in [5, 5.41) is 0. The number of aryl methyl sites for hydroxylation is 3. The highest BCUT2D eigenvalue weighted by Gasteiger charge is 2.14. The normalized spacial score (nSPS) is 14.4. The smallest absolute Gasteiger partial charge is 0.0781 e. The molecule has 0 saturated heterocycles. The van der Waals surface area contributed by atoms with Gasteiger partial charge in [-0.15, -0.1) is 0 Å². The Morgan fingerprint density at radius 3 is 2.21 bits per heavy atom. The van der Waals surface area contributed by atoms with Crippen LogP contribution in [0.5, 0.6) is 0 Å². The maximum absolute atomic E-state index is 6.26. The molecule has 0 aliphatic carbocycles. The van der Waals surface area contributed by atoms with Gasteiger partial charge in [0.25, 0.3) is 0 Å². The number of hydrogen-bond donors (Lipinski definition) is 1. The standard InChI is InChI=1S/C16H27NO2/c1-6-18-9-14(5)19-10-15(17)16-12(3)7-11(2)8-13(16)4/h7-8,14-15H,6,9-10,17H2,1-5H3. The first kappa shape index (κ1) is 16.2. The SMILES string of the molecule is CCOCC(C)OCC(N)c1c(C)cc(C)cc1C. The highest BCUT2D eigenvalue weighted by atomic mass is 16.5. The Labute approximate surface area is 117 Å². The second kappa shape index (κ2) is 7.63. The third kappa shape index (κ3) is 4.94. The zero-order valence-corrected chi connectivity index (χ0v) is 12.8. The zero-order valence-electron chi connectivity index (χ0n) is 12.8. The largest absolute Gasteiger partial charge is 0.379 e. The predicted molar refractivity (Wildman–Crippen MR) is 79.5 cm³/mol. The number of benzene rings is 1. The van der Waals surface area contributed by atoms with Crippen LogP contribution >= 0.6 is 0 Å². The van der Waals surface area contributed by atoms with Gasteiger partial charge >= 0.3 is 0 Å². The Morgan fingerprint density at radius 2 is 1.68 bits per heavy atom. The summed E-state index contributed by atoms with van der Waals surface area (Å²) in [7, 11) is 0. The fraction of sp³-hybridized carbons (Fsp3) is 0.625. The first-order chi connectivity index (χ1) is 8.95. The van der Waals surface area contributed by atoms with Crippen LogP contribution in [0.25, 0.3) is 0 Å². The first-order valence-electron chi connectivity index (χ1n) is 6.98. The number of ether oxygens (including phenoxy) is 2. The number of hydrogen-bond acceptors (Lipinski definition) is 3. The molecule has 19 heavy (non-hydrogen) atoms. The van der Waals surface area contributed by atoms with Crippen LogP contribution in [0.3, 0.4) is 0 Å². The molecule has 1 rings (SSSR count). The molecule has 1 aromatic rings. The van der Waals surface area contributed by atoms with E-state index in [0.717, 1.165) is 6.61 Å². The summed E-state index contributed by atoms with van der Waals surface area (Å²) in [6.45, 7) is 12.2. The summed E-state index contributed by atoms with van der Waals surface area (Å²) in [6, 6.07) is 4.27. The van der Waals surface area contributed by atoms with Gasteiger partial charge in [-0.1, -0.05) is 17.7 Å². The van der Waals surface area contributed by atoms with Gasteiger partial charge in [-0.3, -0.25) is 0 Å². The van der Waals surface area contributed by atoms with Crippen molar-refractivity contribution in [3.05, 3.63) is 34.4 Å². The quantitative estimate of drug-likeness (QED) is 0.824. The molecule has 3 heteroatoms. The molecular weight excluding hydrogens is 238 g/mol. The summed E-state index contributed by atoms with van der Waals surface area (Å²) in [5.74, 6) is 0. The van der Waals surface area contributed by atoms with Gasteiger partial charge in [-0.2, -0.15) is 0 Å². The molecule has 0 heterocycles. The van der Waals surface area contributed by atoms with E-state index >= 15 is 0 Å². The first-order valence-corrected chi connectivity index (χ1v) is 6.98. The summed E-state index contributed by atoms with van der Waals surface area (Å²) >= 11 is 0. The van der Waals surface area contributed by atoms with Crippen molar-refractivity contribution >= 4 is 0 Å². The molecule has 2 atom stereocenters. The molecule has 0 aliphatic heterocycles. The molecule has 0 aromatic heterocycles. The van der Waals surface area contributed by atoms with Gasteiger partial charge in [0, 0.05) is 6.61 Å². The van der Waals surface area contributed by atoms with Crippen LogP contribution in [0.2, 0.25) is 0 Å². The molecule has 3 nitrogen and oxygen atoms in total. The lowest BCUT2D eigenvalue weighted by molar-refractivity contribution is -0.00844. The Hall–Kier alpha value is -0.900. The van der Waals surface area contributed by atoms with Gasteiger partial charge in [-0.05, 0) is 51.3 Å². The lowest BCUT2D eigenvalue weighted by atomic mass is 9.95. The van der Waals surface area contributed by atoms with Crippen molar-refractivity contribution in [3.8, 4) is 0 Å². The molecule has 2 N–H and O–H groups in total. The highest BCUT2D eigenvalue weighted by molar-refractivity contribution is 5.39. The van der Waals surface area contributed by atoms with Gasteiger partial charge in [0.2, 0.25) is 0 Å². The number of nitrogens with two attached hydrogens (primary N) is 1. The molecule has 0 radical (unpaired) electrons. The molecule has 1 aromatic carbocycles. The summed E-state index contributed by atoms with van der Waals surface area (Å²) in [5.41, 5.74) is 11.2. The molecular formula is C16H27NO2. The second-order valence-electron chi connectivity index (χ2n) is 5.22. The van der Waals surface area contributed by atoms with Crippen LogP contribution in [-0.4, -0.2) is 25.9 Å². The van der Waals surface area contributed by atoms with Gasteiger partial charge in [0.05, 0.1) is 25.4 Å². The third-order valence-electron chi connectivity index (χ3n) is 3.23. The van der Waals surface area contributed by atoms with Gasteiger partial charge in [0.15, 0.2) is 0 Å². The molecule has 2 unspecified atom stereocenters. The Kier molecular flexibility index (Phi) is 6.49. The van der Waals surface area contributed by atoms with Crippen molar-refractivity contribution in [3.63, 3.8) is 0 Å². The Bertz CT molecular complexity index is 381. The topological polar surface area (TPSA) is 44.5 Å². The zero-order chi connectivity index (χ0) is 14.4. The van der Waals surface area contributed by atoms with E-state index in [1.54, 1.807) is 0 Å². The molecule has 0 fully saturated rings. The van der Waals surface area contributed by atoms with Crippen molar-refractivity contribution in [2.45, 2.75) is 46.8 Å². The van der Waals surface area contributed by atoms with Crippen LogP contribution in [0.1, 0.15) is 42.1 Å². The lowest BCUT2D eigenvalue weighted by Gasteiger charge is -2.21. The van der Waals surface area contributed by atoms with Crippen LogP contribution in [0, 0.1) is 20.8 Å². The van der Waals surface area contributed by atoms with Crippen molar-refractivity contribution in [1.82, 2.24) is 0 Å². The predicted octanol–water partition coefficient (Wildman–Crippen LogP) is 3.05. The Balaban J connectivity index is 2.61. The van der Waals surface area contributed by atoms with Crippen molar-refractivity contribution in [1.29, 1.82) is 0 Å². The minimum absolute atomic E-state index is 0.0790. The molecule has 0 saturated carbocycles. The van der Waals surface area contributed by atoms with E-state index in [-0.39, 0.29) is 12.1 Å². The summed E-state index contributed by atoms with van der Waals surface area (Å²) < 4.78 is 11.1. The average molecular weight is 265 g/mol. The van der Waals surface area contributed by atoms with Crippen molar-refractivity contribution in [2.75, 3.05) is 19.8 Å². The van der Waals surface area contributed by atoms with Gasteiger partial charge < -0.3 is 15.2 Å². The summed E-state index contributed by atoms with van der Waals surface area (Å²) in [6.07, 6.45) is 0.0806. The van der Waals surface area contributed by atoms with Crippen molar-refractivity contribution < 1.29 is 9.47 Å². The van der Waals surface area contributed by atoms with Crippen LogP contribution in [0.15, 0.2) is 12.1 Å². The minimum atomic E-state index is -0.0790. The maximum Gasteiger partial charge on any atom is 0.0781 e. The maximum atomic E-state index is 6.26. The molecule has 0 bridgehead atoms. The van der Waals surface area contributed by atoms with E-state index in [1.807, 2.05) is 13.8 Å². The van der Waals surface area contributed by atoms with Gasteiger partial charge in [-0.25, -0.2) is 0 Å². The fourth-order valence-electron chi connectivity index (χ4n) is 2.46. The van der Waals surface area contributed by atoms with E-state index < -0.39 is 0 Å². The molecule has 0 amide bonds. The monoisotopic (exact) mass is 265 g/mol. The van der Waals surface area contributed by atoms with E-state index in [4.69, 9.17) is 15.2 Å². The van der Waals surface area contributed by atoms with E-state index in [0.29, 0.717) is 13.2 Å². The minimum Gasteiger partial charge on any atom is -0.379 e. The van der Waals surface area contributed by atoms with E-state index in [1.165, 1.54) is 22.3 Å². The fourth-order valence-corrected chi connectivity index (χ4v) is 2.46. The molecule has 0 spiro atoms. The second-order valence-corrected chi connectivity index (χ2v) is 5.22. The van der Waals surface area contributed by atoms with Crippen molar-refractivity contribution in [2.24, 2.45) is 5.73 Å². The van der Waals surface area contributed by atoms with Crippen LogP contribution < -0.4 is 5.73 Å². The van der Waals surface area contributed by atoms with E-state index in [2.05, 4.69) is 32.9 Å². The average Bonchev–Trinajstić information content (AvgIpc) is 2.32. The third-order valence-corrected chi connectivity index (χ3v) is 3.23. The van der Waals surface area contributed by atoms with Gasteiger partial charge in [0.1, 0.15) is 0 Å². The summed E-state index contributed by atoms with van der Waals surface area (Å²) in [4.78, 5) is 0. The Morgan fingerprint density at radius 1 is 1.11 bits per heavy atom.